The molecular weight excluding hydrogens is 447 g/mol. The van der Waals surface area contributed by atoms with Gasteiger partial charge in [0.05, 0.1) is 0 Å². The van der Waals surface area contributed by atoms with Crippen molar-refractivity contribution in [2.75, 3.05) is 13.2 Å². The average Bonchev–Trinajstić information content (AvgIpc) is 2.72. The first kappa shape index (κ1) is 26.0. The van der Waals surface area contributed by atoms with Crippen LogP contribution in [0, 0.1) is 26.7 Å². The molecule has 0 fully saturated rings. The number of hydrogen-bond acceptors (Lipinski definition) is 3. The molecule has 0 bridgehead atoms. The lowest BCUT2D eigenvalue weighted by Gasteiger charge is -2.29. The van der Waals surface area contributed by atoms with Crippen molar-refractivity contribution in [1.82, 2.24) is 10.2 Å². The monoisotopic (exact) mass is 478 g/mol. The van der Waals surface area contributed by atoms with Gasteiger partial charge in [-0.15, -0.1) is 0 Å². The third-order valence-corrected chi connectivity index (χ3v) is 6.07. The second kappa shape index (κ2) is 11.6. The van der Waals surface area contributed by atoms with Crippen molar-refractivity contribution in [1.29, 1.82) is 0 Å². The number of benzene rings is 2. The highest BCUT2D eigenvalue weighted by atomic mass is 35.5. The zero-order valence-electron chi connectivity index (χ0n) is 19.6. The standard InChI is InChI=1S/C25H32Cl2N2O3/c1-15(2)12-28-25(31)19(6)29(13-20-21(26)8-7-9-22(20)27)24(30)14-32-23-11-16(3)10-17(4)18(23)5/h7-11,15,19H,12-14H2,1-6H3,(H,28,31). The smallest absolute Gasteiger partial charge is 0.261 e. The molecule has 32 heavy (non-hydrogen) atoms. The fraction of sp³-hybridized carbons (Fsp3) is 0.440. The lowest BCUT2D eigenvalue weighted by molar-refractivity contribution is -0.142. The zero-order valence-corrected chi connectivity index (χ0v) is 21.1. The number of amides is 2. The van der Waals surface area contributed by atoms with E-state index in [-0.39, 0.29) is 25.0 Å². The molecule has 1 atom stereocenters. The van der Waals surface area contributed by atoms with E-state index in [9.17, 15) is 9.59 Å². The summed E-state index contributed by atoms with van der Waals surface area (Å²) in [5, 5.41) is 3.77. The van der Waals surface area contributed by atoms with Crippen LogP contribution in [0.1, 0.15) is 43.0 Å². The maximum Gasteiger partial charge on any atom is 0.261 e. The van der Waals surface area contributed by atoms with Gasteiger partial charge in [0.1, 0.15) is 11.8 Å². The van der Waals surface area contributed by atoms with Crippen LogP contribution in [0.5, 0.6) is 5.75 Å². The molecular formula is C25H32Cl2N2O3. The Balaban J connectivity index is 2.26. The number of carbonyl (C=O) groups excluding carboxylic acids is 2. The predicted molar refractivity (Wildman–Crippen MR) is 130 cm³/mol. The van der Waals surface area contributed by atoms with Gasteiger partial charge in [-0.25, -0.2) is 0 Å². The molecule has 174 valence electrons. The first-order valence-electron chi connectivity index (χ1n) is 10.7. The Morgan fingerprint density at radius 2 is 1.69 bits per heavy atom. The molecule has 2 aromatic rings. The van der Waals surface area contributed by atoms with E-state index < -0.39 is 6.04 Å². The van der Waals surface area contributed by atoms with E-state index >= 15 is 0 Å². The van der Waals surface area contributed by atoms with E-state index in [0.717, 1.165) is 16.7 Å². The van der Waals surface area contributed by atoms with E-state index in [0.29, 0.717) is 33.8 Å². The van der Waals surface area contributed by atoms with Crippen LogP contribution in [0.4, 0.5) is 0 Å². The van der Waals surface area contributed by atoms with E-state index in [2.05, 4.69) is 11.4 Å². The van der Waals surface area contributed by atoms with Crippen molar-refractivity contribution in [2.24, 2.45) is 5.92 Å². The van der Waals surface area contributed by atoms with Crippen molar-refractivity contribution in [3.8, 4) is 5.75 Å². The average molecular weight is 479 g/mol. The lowest BCUT2D eigenvalue weighted by Crippen LogP contribution is -2.49. The Kier molecular flexibility index (Phi) is 9.41. The maximum absolute atomic E-state index is 13.2. The molecule has 0 saturated heterocycles. The molecule has 0 aliphatic rings. The van der Waals surface area contributed by atoms with Gasteiger partial charge in [0.25, 0.3) is 5.91 Å². The van der Waals surface area contributed by atoms with Gasteiger partial charge < -0.3 is 15.0 Å². The molecule has 0 aliphatic heterocycles. The van der Waals surface area contributed by atoms with E-state index in [1.807, 2.05) is 40.7 Å². The van der Waals surface area contributed by atoms with Gasteiger partial charge in [-0.1, -0.05) is 49.2 Å². The van der Waals surface area contributed by atoms with Crippen LogP contribution in [0.15, 0.2) is 30.3 Å². The minimum absolute atomic E-state index is 0.1000. The Morgan fingerprint density at radius 1 is 1.06 bits per heavy atom. The summed E-state index contributed by atoms with van der Waals surface area (Å²) in [4.78, 5) is 27.5. The second-order valence-corrected chi connectivity index (χ2v) is 9.34. The summed E-state index contributed by atoms with van der Waals surface area (Å²) >= 11 is 12.7. The molecule has 0 spiro atoms. The zero-order chi connectivity index (χ0) is 24.0. The maximum atomic E-state index is 13.2. The Morgan fingerprint density at radius 3 is 2.28 bits per heavy atom. The molecule has 0 aromatic heterocycles. The molecule has 0 aliphatic carbocycles. The highest BCUT2D eigenvalue weighted by Gasteiger charge is 2.28. The minimum atomic E-state index is -0.725. The second-order valence-electron chi connectivity index (χ2n) is 8.53. The van der Waals surface area contributed by atoms with Crippen molar-refractivity contribution in [2.45, 2.75) is 54.1 Å². The molecule has 2 rings (SSSR count). The van der Waals surface area contributed by atoms with Crippen LogP contribution in [0.3, 0.4) is 0 Å². The third kappa shape index (κ3) is 6.88. The van der Waals surface area contributed by atoms with Crippen LogP contribution in [-0.2, 0) is 16.1 Å². The Bertz CT molecular complexity index is 956. The van der Waals surface area contributed by atoms with Crippen LogP contribution >= 0.6 is 23.2 Å². The number of rotatable bonds is 9. The van der Waals surface area contributed by atoms with Gasteiger partial charge >= 0.3 is 0 Å². The van der Waals surface area contributed by atoms with Crippen LogP contribution < -0.4 is 10.1 Å². The van der Waals surface area contributed by atoms with Crippen molar-refractivity contribution in [3.05, 3.63) is 62.6 Å². The molecule has 0 radical (unpaired) electrons. The molecule has 5 nitrogen and oxygen atoms in total. The molecule has 2 aromatic carbocycles. The minimum Gasteiger partial charge on any atom is -0.483 e. The van der Waals surface area contributed by atoms with E-state index in [1.54, 1.807) is 25.1 Å². The number of hydrogen-bond donors (Lipinski definition) is 1. The number of halogens is 2. The lowest BCUT2D eigenvalue weighted by atomic mass is 10.1. The summed E-state index contributed by atoms with van der Waals surface area (Å²) in [6.07, 6.45) is 0. The fourth-order valence-electron chi connectivity index (χ4n) is 3.26. The van der Waals surface area contributed by atoms with Gasteiger partial charge in [0.2, 0.25) is 5.91 Å². The summed E-state index contributed by atoms with van der Waals surface area (Å²) in [6.45, 7) is 12.1. The largest absolute Gasteiger partial charge is 0.483 e. The summed E-state index contributed by atoms with van der Waals surface area (Å²) in [6, 6.07) is 8.41. The summed E-state index contributed by atoms with van der Waals surface area (Å²) in [7, 11) is 0. The van der Waals surface area contributed by atoms with Crippen molar-refractivity contribution >= 4 is 35.0 Å². The van der Waals surface area contributed by atoms with Gasteiger partial charge in [-0.05, 0) is 68.5 Å². The van der Waals surface area contributed by atoms with Gasteiger partial charge in [-0.2, -0.15) is 0 Å². The molecule has 2 amide bonds. The van der Waals surface area contributed by atoms with E-state index in [1.165, 1.54) is 4.90 Å². The Hall–Kier alpha value is -2.24. The first-order chi connectivity index (χ1) is 15.0. The van der Waals surface area contributed by atoms with Crippen LogP contribution in [0.25, 0.3) is 0 Å². The van der Waals surface area contributed by atoms with E-state index in [4.69, 9.17) is 27.9 Å². The fourth-order valence-corrected chi connectivity index (χ4v) is 3.78. The molecule has 0 heterocycles. The quantitative estimate of drug-likeness (QED) is 0.518. The first-order valence-corrected chi connectivity index (χ1v) is 11.5. The predicted octanol–water partition coefficient (Wildman–Crippen LogP) is 5.49. The normalized spacial score (nSPS) is 11.9. The summed E-state index contributed by atoms with van der Waals surface area (Å²) in [5.74, 6) is 0.386. The number of nitrogens with zero attached hydrogens (tertiary/aromatic N) is 1. The van der Waals surface area contributed by atoms with Gasteiger partial charge in [0, 0.05) is 28.7 Å². The van der Waals surface area contributed by atoms with Crippen LogP contribution in [-0.4, -0.2) is 35.9 Å². The molecule has 0 saturated carbocycles. The summed E-state index contributed by atoms with van der Waals surface area (Å²) < 4.78 is 5.88. The third-order valence-electron chi connectivity index (χ3n) is 5.36. The number of nitrogens with one attached hydrogen (secondary N) is 1. The molecule has 7 heteroatoms. The van der Waals surface area contributed by atoms with Gasteiger partial charge in [-0.3, -0.25) is 9.59 Å². The van der Waals surface area contributed by atoms with Crippen molar-refractivity contribution < 1.29 is 14.3 Å². The molecule has 1 unspecified atom stereocenters. The SMILES string of the molecule is Cc1cc(C)c(C)c(OCC(=O)N(Cc2c(Cl)cccc2Cl)C(C)C(=O)NCC(C)C)c1. The molecule has 1 N–H and O–H groups in total. The van der Waals surface area contributed by atoms with Crippen LogP contribution in [0.2, 0.25) is 10.0 Å². The van der Waals surface area contributed by atoms with Gasteiger partial charge in [0.15, 0.2) is 6.61 Å². The highest BCUT2D eigenvalue weighted by molar-refractivity contribution is 6.36. The number of ether oxygens (including phenoxy) is 1. The number of aryl methyl sites for hydroxylation is 2. The highest BCUT2D eigenvalue weighted by Crippen LogP contribution is 2.27. The topological polar surface area (TPSA) is 58.6 Å². The van der Waals surface area contributed by atoms with Crippen molar-refractivity contribution in [3.63, 3.8) is 0 Å². The number of carbonyl (C=O) groups is 2. The summed E-state index contributed by atoms with van der Waals surface area (Å²) in [5.41, 5.74) is 3.72. The Labute approximate surface area is 201 Å².